The number of rotatable bonds is 6. The molecule has 4 heteroatoms. The molecule has 0 aromatic heterocycles. The molecule has 2 aromatic rings. The molecule has 0 bridgehead atoms. The van der Waals surface area contributed by atoms with Crippen LogP contribution in [0, 0.1) is 0 Å². The number of aliphatic hydroxyl groups is 2. The Morgan fingerprint density at radius 3 is 2.23 bits per heavy atom. The standard InChI is InChI=1S/C22H29NO3/c1-17(21(24)19-8-10-20(26-2)11-9-19)23-14-12-22(25,13-15-23)16-18-6-4-3-5-7-18/h3-11,17,21,24-25H,12-16H2,1-2H3. The fourth-order valence-corrected chi connectivity index (χ4v) is 3.78. The van der Waals surface area contributed by atoms with Crippen LogP contribution in [0.5, 0.6) is 5.75 Å². The Bertz CT molecular complexity index is 678. The second-order valence-electron chi connectivity index (χ2n) is 7.38. The average Bonchev–Trinajstić information content (AvgIpc) is 2.68. The molecule has 1 fully saturated rings. The van der Waals surface area contributed by atoms with E-state index in [9.17, 15) is 10.2 Å². The minimum Gasteiger partial charge on any atom is -0.497 e. The van der Waals surface area contributed by atoms with Crippen LogP contribution in [0.15, 0.2) is 54.6 Å². The summed E-state index contributed by atoms with van der Waals surface area (Å²) in [5.74, 6) is 0.789. The van der Waals surface area contributed by atoms with Gasteiger partial charge in [0.15, 0.2) is 0 Å². The van der Waals surface area contributed by atoms with Gasteiger partial charge in [0.1, 0.15) is 5.75 Å². The third kappa shape index (κ3) is 4.44. The van der Waals surface area contributed by atoms with Crippen molar-refractivity contribution in [3.63, 3.8) is 0 Å². The molecule has 1 heterocycles. The monoisotopic (exact) mass is 355 g/mol. The van der Waals surface area contributed by atoms with Crippen LogP contribution >= 0.6 is 0 Å². The summed E-state index contributed by atoms with van der Waals surface area (Å²) in [6, 6.07) is 17.7. The van der Waals surface area contributed by atoms with Crippen molar-refractivity contribution in [2.75, 3.05) is 20.2 Å². The van der Waals surface area contributed by atoms with Gasteiger partial charge in [0.05, 0.1) is 18.8 Å². The Labute approximate surface area is 156 Å². The molecule has 4 nitrogen and oxygen atoms in total. The number of piperidine rings is 1. The lowest BCUT2D eigenvalue weighted by Gasteiger charge is -2.42. The molecule has 2 unspecified atom stereocenters. The average molecular weight is 355 g/mol. The van der Waals surface area contributed by atoms with E-state index in [1.54, 1.807) is 7.11 Å². The van der Waals surface area contributed by atoms with Gasteiger partial charge in [-0.3, -0.25) is 4.90 Å². The topological polar surface area (TPSA) is 52.9 Å². The molecule has 0 spiro atoms. The van der Waals surface area contributed by atoms with Crippen molar-refractivity contribution in [1.82, 2.24) is 4.90 Å². The van der Waals surface area contributed by atoms with E-state index in [1.807, 2.05) is 42.5 Å². The summed E-state index contributed by atoms with van der Waals surface area (Å²) in [6.45, 7) is 3.63. The zero-order valence-corrected chi connectivity index (χ0v) is 15.6. The second-order valence-corrected chi connectivity index (χ2v) is 7.38. The number of ether oxygens (including phenoxy) is 1. The quantitative estimate of drug-likeness (QED) is 0.836. The maximum atomic E-state index is 10.9. The number of aliphatic hydroxyl groups excluding tert-OH is 1. The van der Waals surface area contributed by atoms with Gasteiger partial charge in [0.25, 0.3) is 0 Å². The number of methoxy groups -OCH3 is 1. The number of nitrogens with zero attached hydrogens (tertiary/aromatic N) is 1. The molecular formula is C22H29NO3. The molecule has 2 N–H and O–H groups in total. The second kappa shape index (κ2) is 8.21. The van der Waals surface area contributed by atoms with E-state index >= 15 is 0 Å². The van der Waals surface area contributed by atoms with Crippen molar-refractivity contribution in [1.29, 1.82) is 0 Å². The van der Waals surface area contributed by atoms with E-state index in [0.29, 0.717) is 6.42 Å². The smallest absolute Gasteiger partial charge is 0.118 e. The summed E-state index contributed by atoms with van der Waals surface area (Å²) in [5, 5.41) is 21.7. The zero-order chi connectivity index (χ0) is 18.6. The Morgan fingerprint density at radius 2 is 1.65 bits per heavy atom. The number of hydrogen-bond donors (Lipinski definition) is 2. The highest BCUT2D eigenvalue weighted by Gasteiger charge is 2.35. The molecule has 1 aliphatic heterocycles. The fraction of sp³-hybridized carbons (Fsp3) is 0.455. The van der Waals surface area contributed by atoms with E-state index in [0.717, 1.165) is 37.2 Å². The predicted molar refractivity (Wildman–Crippen MR) is 103 cm³/mol. The Morgan fingerprint density at radius 1 is 1.04 bits per heavy atom. The predicted octanol–water partition coefficient (Wildman–Crippen LogP) is 3.19. The van der Waals surface area contributed by atoms with Crippen molar-refractivity contribution in [3.8, 4) is 5.75 Å². The van der Waals surface area contributed by atoms with Gasteiger partial charge in [-0.25, -0.2) is 0 Å². The first-order valence-corrected chi connectivity index (χ1v) is 9.33. The molecule has 0 radical (unpaired) electrons. The molecule has 0 amide bonds. The molecule has 1 aliphatic rings. The number of hydrogen-bond acceptors (Lipinski definition) is 4. The third-order valence-corrected chi connectivity index (χ3v) is 5.59. The highest BCUT2D eigenvalue weighted by Crippen LogP contribution is 2.30. The summed E-state index contributed by atoms with van der Waals surface area (Å²) in [7, 11) is 1.64. The van der Waals surface area contributed by atoms with Gasteiger partial charge in [-0.2, -0.15) is 0 Å². The summed E-state index contributed by atoms with van der Waals surface area (Å²) < 4.78 is 5.18. The number of benzene rings is 2. The van der Waals surface area contributed by atoms with Crippen molar-refractivity contribution in [3.05, 3.63) is 65.7 Å². The van der Waals surface area contributed by atoms with Crippen LogP contribution in [-0.4, -0.2) is 47.0 Å². The van der Waals surface area contributed by atoms with Crippen LogP contribution in [-0.2, 0) is 6.42 Å². The third-order valence-electron chi connectivity index (χ3n) is 5.59. The molecule has 1 saturated heterocycles. The molecular weight excluding hydrogens is 326 g/mol. The van der Waals surface area contributed by atoms with Crippen molar-refractivity contribution < 1.29 is 14.9 Å². The van der Waals surface area contributed by atoms with Gasteiger partial charge in [-0.1, -0.05) is 42.5 Å². The van der Waals surface area contributed by atoms with Gasteiger partial charge in [-0.05, 0) is 43.0 Å². The van der Waals surface area contributed by atoms with Gasteiger partial charge in [-0.15, -0.1) is 0 Å². The maximum absolute atomic E-state index is 10.9. The molecule has 0 saturated carbocycles. The van der Waals surface area contributed by atoms with E-state index in [2.05, 4.69) is 24.0 Å². The Balaban J connectivity index is 1.57. The minimum absolute atomic E-state index is 0.00432. The largest absolute Gasteiger partial charge is 0.497 e. The van der Waals surface area contributed by atoms with Crippen LogP contribution < -0.4 is 4.74 Å². The van der Waals surface area contributed by atoms with Gasteiger partial charge in [0, 0.05) is 25.6 Å². The normalized spacial score (nSPS) is 19.7. The lowest BCUT2D eigenvalue weighted by molar-refractivity contribution is -0.0456. The van der Waals surface area contributed by atoms with Gasteiger partial charge < -0.3 is 14.9 Å². The molecule has 2 atom stereocenters. The highest BCUT2D eigenvalue weighted by atomic mass is 16.5. The summed E-state index contributed by atoms with van der Waals surface area (Å²) in [4.78, 5) is 2.27. The SMILES string of the molecule is COc1ccc(C(O)C(C)N2CCC(O)(Cc3ccccc3)CC2)cc1. The zero-order valence-electron chi connectivity index (χ0n) is 15.6. The molecule has 0 aliphatic carbocycles. The molecule has 140 valence electrons. The summed E-state index contributed by atoms with van der Waals surface area (Å²) >= 11 is 0. The summed E-state index contributed by atoms with van der Waals surface area (Å²) in [5.41, 5.74) is 1.42. The minimum atomic E-state index is -0.650. The molecule has 26 heavy (non-hydrogen) atoms. The van der Waals surface area contributed by atoms with Gasteiger partial charge >= 0.3 is 0 Å². The number of likely N-dealkylation sites (tertiary alicyclic amines) is 1. The summed E-state index contributed by atoms with van der Waals surface area (Å²) in [6.07, 6.45) is 1.58. The Hall–Kier alpha value is -1.88. The molecule has 2 aromatic carbocycles. The van der Waals surface area contributed by atoms with Crippen LogP contribution in [0.4, 0.5) is 0 Å². The van der Waals surface area contributed by atoms with E-state index < -0.39 is 11.7 Å². The highest BCUT2D eigenvalue weighted by molar-refractivity contribution is 5.29. The first-order valence-electron chi connectivity index (χ1n) is 9.33. The van der Waals surface area contributed by atoms with E-state index in [-0.39, 0.29) is 6.04 Å². The van der Waals surface area contributed by atoms with Crippen molar-refractivity contribution in [2.45, 2.75) is 43.9 Å². The first-order chi connectivity index (χ1) is 12.5. The van der Waals surface area contributed by atoms with Crippen LogP contribution in [0.1, 0.15) is 37.0 Å². The Kier molecular flexibility index (Phi) is 5.97. The van der Waals surface area contributed by atoms with Crippen LogP contribution in [0.3, 0.4) is 0 Å². The first kappa shape index (κ1) is 18.9. The van der Waals surface area contributed by atoms with Crippen molar-refractivity contribution in [2.24, 2.45) is 0 Å². The van der Waals surface area contributed by atoms with E-state index in [4.69, 9.17) is 4.74 Å². The lowest BCUT2D eigenvalue weighted by atomic mass is 9.84. The lowest BCUT2D eigenvalue weighted by Crippen LogP contribution is -2.49. The van der Waals surface area contributed by atoms with Crippen LogP contribution in [0.2, 0.25) is 0 Å². The fourth-order valence-electron chi connectivity index (χ4n) is 3.78. The van der Waals surface area contributed by atoms with Gasteiger partial charge in [0.2, 0.25) is 0 Å². The molecule has 3 rings (SSSR count). The van der Waals surface area contributed by atoms with Crippen LogP contribution in [0.25, 0.3) is 0 Å². The maximum Gasteiger partial charge on any atom is 0.118 e. The van der Waals surface area contributed by atoms with Crippen molar-refractivity contribution >= 4 is 0 Å². The van der Waals surface area contributed by atoms with E-state index in [1.165, 1.54) is 5.56 Å².